The molecule has 1 atom stereocenters. The molecule has 1 aromatic heterocycles. The van der Waals surface area contributed by atoms with Gasteiger partial charge in [0.15, 0.2) is 5.82 Å². The van der Waals surface area contributed by atoms with Crippen LogP contribution < -0.4 is 19.5 Å². The summed E-state index contributed by atoms with van der Waals surface area (Å²) >= 11 is 0. The molecule has 1 aliphatic heterocycles. The molecule has 0 radical (unpaired) electrons. The quantitative estimate of drug-likeness (QED) is 0.563. The van der Waals surface area contributed by atoms with Crippen molar-refractivity contribution in [1.29, 1.82) is 0 Å². The molecular weight excluding hydrogens is 377 g/mol. The molecule has 2 heterocycles. The molecule has 0 amide bonds. The molecule has 0 bridgehead atoms. The maximum Gasteiger partial charge on any atom is 0.346 e. The number of anilines is 1. The highest BCUT2D eigenvalue weighted by Gasteiger charge is 2.38. The predicted octanol–water partition coefficient (Wildman–Crippen LogP) is 3.09. The predicted molar refractivity (Wildman–Crippen MR) is 108 cm³/mol. The fraction of sp³-hybridized carbons (Fsp3) is 0.429. The van der Waals surface area contributed by atoms with Crippen LogP contribution in [0.1, 0.15) is 29.3 Å². The van der Waals surface area contributed by atoms with Crippen LogP contribution in [0.25, 0.3) is 0 Å². The Labute approximate surface area is 169 Å². The van der Waals surface area contributed by atoms with Gasteiger partial charge in [-0.15, -0.1) is 0 Å². The number of halogens is 1. The SMILES string of the molecule is COc1cc(C(=O)Oc2cccc3c2C(C)(CCN(C)C)CN3)c(F)c(OC)n1. The Bertz CT molecular complexity index is 919. The maximum atomic E-state index is 14.6. The van der Waals surface area contributed by atoms with Crippen molar-refractivity contribution in [2.75, 3.05) is 46.7 Å². The van der Waals surface area contributed by atoms with E-state index in [1.54, 1.807) is 12.1 Å². The second-order valence-corrected chi connectivity index (χ2v) is 7.57. The van der Waals surface area contributed by atoms with E-state index in [4.69, 9.17) is 14.2 Å². The summed E-state index contributed by atoms with van der Waals surface area (Å²) < 4.78 is 30.2. The zero-order valence-electron chi connectivity index (χ0n) is 17.3. The highest BCUT2D eigenvalue weighted by Crippen LogP contribution is 2.45. The third-order valence-electron chi connectivity index (χ3n) is 5.14. The molecule has 29 heavy (non-hydrogen) atoms. The normalized spacial score (nSPS) is 17.6. The molecule has 0 saturated carbocycles. The van der Waals surface area contributed by atoms with Gasteiger partial charge in [0.2, 0.25) is 5.88 Å². The van der Waals surface area contributed by atoms with Crippen LogP contribution in [0.5, 0.6) is 17.5 Å². The second-order valence-electron chi connectivity index (χ2n) is 7.57. The summed E-state index contributed by atoms with van der Waals surface area (Å²) in [5, 5.41) is 3.38. The Balaban J connectivity index is 1.95. The molecule has 0 spiro atoms. The Hall–Kier alpha value is -2.87. The molecule has 0 aliphatic carbocycles. The lowest BCUT2D eigenvalue weighted by Crippen LogP contribution is -2.30. The molecule has 1 aromatic carbocycles. The van der Waals surface area contributed by atoms with Crippen LogP contribution in [0, 0.1) is 5.82 Å². The minimum atomic E-state index is -0.889. The Morgan fingerprint density at radius 2 is 2.07 bits per heavy atom. The van der Waals surface area contributed by atoms with E-state index in [9.17, 15) is 9.18 Å². The first-order chi connectivity index (χ1) is 13.8. The highest BCUT2D eigenvalue weighted by molar-refractivity contribution is 5.92. The lowest BCUT2D eigenvalue weighted by atomic mass is 9.80. The Morgan fingerprint density at radius 1 is 1.31 bits per heavy atom. The highest BCUT2D eigenvalue weighted by atomic mass is 19.1. The van der Waals surface area contributed by atoms with Gasteiger partial charge >= 0.3 is 5.97 Å². The van der Waals surface area contributed by atoms with E-state index in [0.717, 1.165) is 30.8 Å². The van der Waals surface area contributed by atoms with Crippen molar-refractivity contribution >= 4 is 11.7 Å². The smallest absolute Gasteiger partial charge is 0.346 e. The van der Waals surface area contributed by atoms with Gasteiger partial charge in [0.05, 0.1) is 14.2 Å². The minimum absolute atomic E-state index is 0.0611. The summed E-state index contributed by atoms with van der Waals surface area (Å²) in [5.74, 6) is -1.58. The van der Waals surface area contributed by atoms with Crippen LogP contribution >= 0.6 is 0 Å². The topological polar surface area (TPSA) is 72.9 Å². The van der Waals surface area contributed by atoms with Gasteiger partial charge in [-0.1, -0.05) is 13.0 Å². The number of nitrogens with one attached hydrogen (secondary N) is 1. The fourth-order valence-electron chi connectivity index (χ4n) is 3.48. The van der Waals surface area contributed by atoms with E-state index in [-0.39, 0.29) is 22.7 Å². The van der Waals surface area contributed by atoms with Crippen molar-refractivity contribution in [1.82, 2.24) is 9.88 Å². The van der Waals surface area contributed by atoms with Crippen LogP contribution in [-0.2, 0) is 5.41 Å². The summed E-state index contributed by atoms with van der Waals surface area (Å²) in [7, 11) is 6.68. The Morgan fingerprint density at radius 3 is 2.72 bits per heavy atom. The monoisotopic (exact) mass is 403 g/mol. The number of rotatable bonds is 7. The van der Waals surface area contributed by atoms with E-state index in [1.165, 1.54) is 20.3 Å². The molecule has 3 rings (SSSR count). The van der Waals surface area contributed by atoms with Crippen LogP contribution in [0.15, 0.2) is 24.3 Å². The van der Waals surface area contributed by atoms with Gasteiger partial charge in [0.25, 0.3) is 5.88 Å². The summed E-state index contributed by atoms with van der Waals surface area (Å²) in [6.45, 7) is 3.75. The van der Waals surface area contributed by atoms with Crippen LogP contribution in [-0.4, -0.2) is 57.3 Å². The lowest BCUT2D eigenvalue weighted by molar-refractivity contribution is 0.0725. The van der Waals surface area contributed by atoms with Crippen molar-refractivity contribution in [3.05, 3.63) is 41.2 Å². The van der Waals surface area contributed by atoms with Gasteiger partial charge < -0.3 is 24.4 Å². The first-order valence-electron chi connectivity index (χ1n) is 9.32. The van der Waals surface area contributed by atoms with Crippen molar-refractivity contribution in [2.45, 2.75) is 18.8 Å². The fourth-order valence-corrected chi connectivity index (χ4v) is 3.48. The third-order valence-corrected chi connectivity index (χ3v) is 5.14. The van der Waals surface area contributed by atoms with Crippen molar-refractivity contribution in [2.24, 2.45) is 0 Å². The van der Waals surface area contributed by atoms with E-state index < -0.39 is 11.8 Å². The molecule has 0 fully saturated rings. The molecule has 0 saturated heterocycles. The number of carbonyl (C=O) groups excluding carboxylic acids is 1. The zero-order valence-corrected chi connectivity index (χ0v) is 17.3. The molecule has 7 nitrogen and oxygen atoms in total. The van der Waals surface area contributed by atoms with Crippen molar-refractivity contribution < 1.29 is 23.4 Å². The van der Waals surface area contributed by atoms with E-state index in [1.807, 2.05) is 20.2 Å². The van der Waals surface area contributed by atoms with Gasteiger partial charge in [-0.25, -0.2) is 9.18 Å². The summed E-state index contributed by atoms with van der Waals surface area (Å²) in [6.07, 6.45) is 0.875. The number of fused-ring (bicyclic) bond motifs is 1. The zero-order chi connectivity index (χ0) is 21.2. The Kier molecular flexibility index (Phi) is 5.93. The molecule has 8 heteroatoms. The van der Waals surface area contributed by atoms with Gasteiger partial charge in [0.1, 0.15) is 11.3 Å². The first kappa shape index (κ1) is 20.9. The minimum Gasteiger partial charge on any atom is -0.481 e. The van der Waals surface area contributed by atoms with Crippen LogP contribution in [0.4, 0.5) is 10.1 Å². The first-order valence-corrected chi connectivity index (χ1v) is 9.32. The number of ether oxygens (including phenoxy) is 3. The van der Waals surface area contributed by atoms with Gasteiger partial charge in [-0.2, -0.15) is 4.98 Å². The standard InChI is InChI=1S/C21H26FN3O4/c1-21(9-10-25(2)3)12-23-14-7-6-8-15(17(14)21)29-20(26)13-11-16(27-4)24-19(28-5)18(13)22/h6-8,11,23H,9-10,12H2,1-5H3. The van der Waals surface area contributed by atoms with E-state index >= 15 is 0 Å². The summed E-state index contributed by atoms with van der Waals surface area (Å²) in [6, 6.07) is 6.68. The third kappa shape index (κ3) is 4.12. The number of aromatic nitrogens is 1. The molecule has 156 valence electrons. The van der Waals surface area contributed by atoms with Crippen molar-refractivity contribution in [3.8, 4) is 17.5 Å². The number of carbonyl (C=O) groups is 1. The van der Waals surface area contributed by atoms with Gasteiger partial charge in [-0.05, 0) is 39.2 Å². The number of hydrogen-bond acceptors (Lipinski definition) is 7. The molecule has 1 N–H and O–H groups in total. The summed E-state index contributed by atoms with van der Waals surface area (Å²) in [4.78, 5) is 18.8. The lowest BCUT2D eigenvalue weighted by Gasteiger charge is -2.27. The largest absolute Gasteiger partial charge is 0.481 e. The number of benzene rings is 1. The van der Waals surface area contributed by atoms with E-state index in [0.29, 0.717) is 5.75 Å². The van der Waals surface area contributed by atoms with Crippen molar-refractivity contribution in [3.63, 3.8) is 0 Å². The van der Waals surface area contributed by atoms with Gasteiger partial charge in [-0.3, -0.25) is 0 Å². The number of nitrogens with zero attached hydrogens (tertiary/aromatic N) is 2. The average molecular weight is 403 g/mol. The summed E-state index contributed by atoms with van der Waals surface area (Å²) in [5.41, 5.74) is 1.32. The number of hydrogen-bond donors (Lipinski definition) is 1. The van der Waals surface area contributed by atoms with E-state index in [2.05, 4.69) is 22.1 Å². The number of methoxy groups -OCH3 is 2. The molecule has 1 aliphatic rings. The van der Waals surface area contributed by atoms with Crippen LogP contribution in [0.3, 0.4) is 0 Å². The molecular formula is C21H26FN3O4. The molecule has 2 aromatic rings. The average Bonchev–Trinajstić information content (AvgIpc) is 3.05. The second kappa shape index (κ2) is 8.24. The van der Waals surface area contributed by atoms with Gasteiger partial charge in [0, 0.05) is 29.3 Å². The number of esters is 1. The number of pyridine rings is 1. The van der Waals surface area contributed by atoms with Crippen LogP contribution in [0.2, 0.25) is 0 Å². The maximum absolute atomic E-state index is 14.6. The molecule has 1 unspecified atom stereocenters.